The summed E-state index contributed by atoms with van der Waals surface area (Å²) in [6, 6.07) is 4.47. The van der Waals surface area contributed by atoms with Gasteiger partial charge in [0.25, 0.3) is 0 Å². The number of hydrogen-bond acceptors (Lipinski definition) is 6. The van der Waals surface area contributed by atoms with Crippen molar-refractivity contribution in [1.82, 2.24) is 15.4 Å². The number of carbonyl (C=O) groups excluding carboxylic acids is 1. The number of methoxy groups -OCH3 is 2. The molecular weight excluding hydrogens is 382 g/mol. The molecule has 0 radical (unpaired) electrons. The van der Waals surface area contributed by atoms with E-state index in [1.165, 1.54) is 32.4 Å². The van der Waals surface area contributed by atoms with Crippen LogP contribution in [0.15, 0.2) is 23.1 Å². The first-order chi connectivity index (χ1) is 11.8. The van der Waals surface area contributed by atoms with Gasteiger partial charge in [-0.05, 0) is 25.6 Å². The molecule has 0 bridgehead atoms. The Labute approximate surface area is 161 Å². The second kappa shape index (κ2) is 11.9. The van der Waals surface area contributed by atoms with Gasteiger partial charge in [0, 0.05) is 31.6 Å². The minimum atomic E-state index is -3.73. The maximum atomic E-state index is 12.3. The summed E-state index contributed by atoms with van der Waals surface area (Å²) in [7, 11) is -0.828. The first-order valence-corrected chi connectivity index (χ1v) is 9.54. The fourth-order valence-electron chi connectivity index (χ4n) is 2.14. The summed E-state index contributed by atoms with van der Waals surface area (Å²) in [5.74, 6) is 0.552. The van der Waals surface area contributed by atoms with Crippen molar-refractivity contribution in [2.45, 2.75) is 31.2 Å². The van der Waals surface area contributed by atoms with Crippen LogP contribution in [0, 0.1) is 0 Å². The standard InChI is InChI=1S/C16H27N3O5S.ClH/c1-5-17-12(2)11-18-16(20)8-9-19-25(21,22)13-6-7-14(23-3)15(10-13)24-4;/h6-7,10,12,17,19H,5,8-9,11H2,1-4H3,(H,18,20);1H/t12-;/m1./s1. The van der Waals surface area contributed by atoms with E-state index in [-0.39, 0.29) is 42.2 Å². The van der Waals surface area contributed by atoms with Crippen molar-refractivity contribution in [3.8, 4) is 11.5 Å². The van der Waals surface area contributed by atoms with E-state index in [9.17, 15) is 13.2 Å². The third-order valence-corrected chi connectivity index (χ3v) is 4.93. The van der Waals surface area contributed by atoms with E-state index in [1.54, 1.807) is 0 Å². The smallest absolute Gasteiger partial charge is 0.240 e. The number of rotatable bonds is 11. The van der Waals surface area contributed by atoms with E-state index in [1.807, 2.05) is 13.8 Å². The molecule has 1 rings (SSSR count). The molecule has 0 aromatic heterocycles. The van der Waals surface area contributed by atoms with Crippen LogP contribution in [0.25, 0.3) is 0 Å². The SMILES string of the molecule is CCN[C@H](C)CNC(=O)CCNS(=O)(=O)c1ccc(OC)c(OC)c1.Cl. The zero-order valence-electron chi connectivity index (χ0n) is 15.5. The van der Waals surface area contributed by atoms with Gasteiger partial charge in [-0.15, -0.1) is 12.4 Å². The number of amides is 1. The van der Waals surface area contributed by atoms with Crippen LogP contribution in [0.4, 0.5) is 0 Å². The van der Waals surface area contributed by atoms with Gasteiger partial charge >= 0.3 is 0 Å². The number of benzene rings is 1. The zero-order chi connectivity index (χ0) is 18.9. The molecule has 0 unspecified atom stereocenters. The highest BCUT2D eigenvalue weighted by molar-refractivity contribution is 7.89. The van der Waals surface area contributed by atoms with Crippen LogP contribution < -0.4 is 24.8 Å². The van der Waals surface area contributed by atoms with E-state index in [0.717, 1.165) is 6.54 Å². The minimum absolute atomic E-state index is 0. The lowest BCUT2D eigenvalue weighted by molar-refractivity contribution is -0.121. The summed E-state index contributed by atoms with van der Waals surface area (Å²) in [6.45, 7) is 5.28. The number of halogens is 1. The van der Waals surface area contributed by atoms with E-state index in [4.69, 9.17) is 9.47 Å². The molecule has 3 N–H and O–H groups in total. The van der Waals surface area contributed by atoms with E-state index < -0.39 is 10.0 Å². The zero-order valence-corrected chi connectivity index (χ0v) is 17.1. The Morgan fingerprint density at radius 2 is 1.85 bits per heavy atom. The van der Waals surface area contributed by atoms with Crippen molar-refractivity contribution in [2.75, 3.05) is 33.9 Å². The predicted octanol–water partition coefficient (Wildman–Crippen LogP) is 0.908. The molecule has 0 saturated heterocycles. The van der Waals surface area contributed by atoms with E-state index >= 15 is 0 Å². The molecule has 0 spiro atoms. The van der Waals surface area contributed by atoms with Gasteiger partial charge in [0.2, 0.25) is 15.9 Å². The number of ether oxygens (including phenoxy) is 2. The lowest BCUT2D eigenvalue weighted by Crippen LogP contribution is -2.39. The Hall–Kier alpha value is -1.55. The number of nitrogens with one attached hydrogen (secondary N) is 3. The van der Waals surface area contributed by atoms with Crippen LogP contribution in [-0.4, -0.2) is 54.2 Å². The largest absolute Gasteiger partial charge is 0.493 e. The lowest BCUT2D eigenvalue weighted by atomic mass is 10.3. The fraction of sp³-hybridized carbons (Fsp3) is 0.562. The summed E-state index contributed by atoms with van der Waals surface area (Å²) >= 11 is 0. The average Bonchev–Trinajstić information content (AvgIpc) is 2.59. The van der Waals surface area contributed by atoms with Crippen LogP contribution in [0.2, 0.25) is 0 Å². The molecule has 1 atom stereocenters. The molecule has 0 aliphatic rings. The van der Waals surface area contributed by atoms with Crippen LogP contribution in [-0.2, 0) is 14.8 Å². The molecule has 0 saturated carbocycles. The van der Waals surface area contributed by atoms with Gasteiger partial charge < -0.3 is 20.1 Å². The van der Waals surface area contributed by atoms with Crippen molar-refractivity contribution in [1.29, 1.82) is 0 Å². The lowest BCUT2D eigenvalue weighted by Gasteiger charge is -2.13. The molecule has 1 amide bonds. The molecule has 150 valence electrons. The summed E-state index contributed by atoms with van der Waals surface area (Å²) < 4.78 is 37.2. The normalized spacial score (nSPS) is 12.0. The maximum absolute atomic E-state index is 12.3. The molecule has 1 aromatic carbocycles. The van der Waals surface area contributed by atoms with Gasteiger partial charge in [-0.25, -0.2) is 13.1 Å². The maximum Gasteiger partial charge on any atom is 0.240 e. The van der Waals surface area contributed by atoms with Crippen molar-refractivity contribution in [3.63, 3.8) is 0 Å². The van der Waals surface area contributed by atoms with Crippen molar-refractivity contribution >= 4 is 28.3 Å². The summed E-state index contributed by atoms with van der Waals surface area (Å²) in [6.07, 6.45) is 0.0609. The molecule has 8 nitrogen and oxygen atoms in total. The number of carbonyl (C=O) groups is 1. The highest BCUT2D eigenvalue weighted by Gasteiger charge is 2.17. The van der Waals surface area contributed by atoms with Crippen LogP contribution in [0.5, 0.6) is 11.5 Å². The summed E-state index contributed by atoms with van der Waals surface area (Å²) in [4.78, 5) is 11.8. The Kier molecular flexibility index (Phi) is 11.2. The van der Waals surface area contributed by atoms with E-state index in [2.05, 4.69) is 15.4 Å². The highest BCUT2D eigenvalue weighted by Crippen LogP contribution is 2.29. The Morgan fingerprint density at radius 3 is 2.42 bits per heavy atom. The van der Waals surface area contributed by atoms with Crippen molar-refractivity contribution in [2.24, 2.45) is 0 Å². The Balaban J connectivity index is 0.00000625. The molecule has 26 heavy (non-hydrogen) atoms. The second-order valence-corrected chi connectivity index (χ2v) is 7.19. The van der Waals surface area contributed by atoms with Gasteiger partial charge in [0.1, 0.15) is 0 Å². The van der Waals surface area contributed by atoms with Gasteiger partial charge in [-0.2, -0.15) is 0 Å². The number of likely N-dealkylation sites (N-methyl/N-ethyl adjacent to an activating group) is 1. The summed E-state index contributed by atoms with van der Waals surface area (Å²) in [5, 5.41) is 5.93. The molecule has 0 aliphatic carbocycles. The first-order valence-electron chi connectivity index (χ1n) is 8.05. The average molecular weight is 410 g/mol. The Bertz CT molecular complexity index is 670. The minimum Gasteiger partial charge on any atom is -0.493 e. The number of sulfonamides is 1. The van der Waals surface area contributed by atoms with Crippen LogP contribution >= 0.6 is 12.4 Å². The second-order valence-electron chi connectivity index (χ2n) is 5.43. The number of hydrogen-bond donors (Lipinski definition) is 3. The molecule has 1 aromatic rings. The van der Waals surface area contributed by atoms with Gasteiger partial charge in [0.05, 0.1) is 19.1 Å². The third kappa shape index (κ3) is 7.77. The van der Waals surface area contributed by atoms with Crippen molar-refractivity contribution in [3.05, 3.63) is 18.2 Å². The third-order valence-electron chi connectivity index (χ3n) is 3.47. The van der Waals surface area contributed by atoms with Gasteiger partial charge in [-0.1, -0.05) is 6.92 Å². The predicted molar refractivity (Wildman–Crippen MR) is 103 cm³/mol. The van der Waals surface area contributed by atoms with Gasteiger partial charge in [0.15, 0.2) is 11.5 Å². The van der Waals surface area contributed by atoms with Crippen LogP contribution in [0.1, 0.15) is 20.3 Å². The molecular formula is C16H28ClN3O5S. The first kappa shape index (κ1) is 24.5. The molecule has 0 aliphatic heterocycles. The molecule has 0 fully saturated rings. The van der Waals surface area contributed by atoms with Gasteiger partial charge in [-0.3, -0.25) is 4.79 Å². The quantitative estimate of drug-likeness (QED) is 0.501. The van der Waals surface area contributed by atoms with Crippen LogP contribution in [0.3, 0.4) is 0 Å². The molecule has 10 heteroatoms. The topological polar surface area (TPSA) is 106 Å². The van der Waals surface area contributed by atoms with Crippen molar-refractivity contribution < 1.29 is 22.7 Å². The monoisotopic (exact) mass is 409 g/mol. The fourth-order valence-corrected chi connectivity index (χ4v) is 3.19. The Morgan fingerprint density at radius 1 is 1.19 bits per heavy atom. The van der Waals surface area contributed by atoms with E-state index in [0.29, 0.717) is 18.0 Å². The highest BCUT2D eigenvalue weighted by atomic mass is 35.5. The summed E-state index contributed by atoms with van der Waals surface area (Å²) in [5.41, 5.74) is 0. The molecule has 0 heterocycles.